The van der Waals surface area contributed by atoms with Crippen molar-refractivity contribution in [1.82, 2.24) is 0 Å². The van der Waals surface area contributed by atoms with Gasteiger partial charge in [0.25, 0.3) is 0 Å². The number of para-hydroxylation sites is 1. The van der Waals surface area contributed by atoms with Crippen molar-refractivity contribution < 1.29 is 4.74 Å². The predicted octanol–water partition coefficient (Wildman–Crippen LogP) is 4.49. The lowest BCUT2D eigenvalue weighted by molar-refractivity contribution is 0.354. The third kappa shape index (κ3) is 2.82. The summed E-state index contributed by atoms with van der Waals surface area (Å²) in [6, 6.07) is 12.2. The molecule has 0 bridgehead atoms. The molecule has 0 fully saturated rings. The van der Waals surface area contributed by atoms with E-state index in [1.165, 1.54) is 9.13 Å². The molecule has 1 aliphatic heterocycles. The van der Waals surface area contributed by atoms with Crippen LogP contribution in [0.3, 0.4) is 0 Å². The van der Waals surface area contributed by atoms with Crippen molar-refractivity contribution in [1.29, 1.82) is 0 Å². The van der Waals surface area contributed by atoms with Crippen LogP contribution < -0.4 is 10.1 Å². The molecule has 4 heteroatoms. The lowest BCUT2D eigenvalue weighted by Crippen LogP contribution is -2.02. The van der Waals surface area contributed by atoms with Gasteiger partial charge in [-0.25, -0.2) is 0 Å². The number of fused-ring (bicyclic) bond motifs is 1. The van der Waals surface area contributed by atoms with E-state index in [-0.39, 0.29) is 0 Å². The zero-order chi connectivity index (χ0) is 13.2. The summed E-state index contributed by atoms with van der Waals surface area (Å²) in [6.07, 6.45) is 0.950. The summed E-state index contributed by atoms with van der Waals surface area (Å²) in [5, 5.41) is 4.22. The lowest BCUT2D eigenvalue weighted by atomic mass is 10.1. The van der Waals surface area contributed by atoms with Crippen LogP contribution in [0.4, 0.5) is 5.69 Å². The van der Waals surface area contributed by atoms with Gasteiger partial charge in [0.15, 0.2) is 0 Å². The van der Waals surface area contributed by atoms with Crippen LogP contribution in [0.2, 0.25) is 5.02 Å². The van der Waals surface area contributed by atoms with Crippen LogP contribution in [0.5, 0.6) is 5.75 Å². The SMILES string of the molecule is Clc1cc2c(c(CNc3ccccc3I)c1)OCC2. The molecule has 0 aliphatic carbocycles. The maximum absolute atomic E-state index is 6.16. The van der Waals surface area contributed by atoms with E-state index in [1.54, 1.807) is 0 Å². The van der Waals surface area contributed by atoms with E-state index in [0.29, 0.717) is 0 Å². The van der Waals surface area contributed by atoms with Gasteiger partial charge in [-0.05, 0) is 52.4 Å². The van der Waals surface area contributed by atoms with Gasteiger partial charge in [-0.1, -0.05) is 23.7 Å². The van der Waals surface area contributed by atoms with E-state index in [4.69, 9.17) is 16.3 Å². The molecule has 0 aromatic heterocycles. The van der Waals surface area contributed by atoms with E-state index in [1.807, 2.05) is 24.3 Å². The van der Waals surface area contributed by atoms with E-state index in [2.05, 4.69) is 40.0 Å². The molecular formula is C15H13ClINO. The van der Waals surface area contributed by atoms with Crippen molar-refractivity contribution in [3.05, 3.63) is 56.1 Å². The Morgan fingerprint density at radius 3 is 2.95 bits per heavy atom. The van der Waals surface area contributed by atoms with Gasteiger partial charge in [0, 0.05) is 32.8 Å². The number of hydrogen-bond donors (Lipinski definition) is 1. The highest BCUT2D eigenvalue weighted by atomic mass is 127. The van der Waals surface area contributed by atoms with Gasteiger partial charge in [0.05, 0.1) is 6.61 Å². The van der Waals surface area contributed by atoms with E-state index < -0.39 is 0 Å². The zero-order valence-corrected chi connectivity index (χ0v) is 13.2. The van der Waals surface area contributed by atoms with Gasteiger partial charge in [0.2, 0.25) is 0 Å². The van der Waals surface area contributed by atoms with Gasteiger partial charge >= 0.3 is 0 Å². The van der Waals surface area contributed by atoms with Gasteiger partial charge < -0.3 is 10.1 Å². The molecule has 0 atom stereocenters. The van der Waals surface area contributed by atoms with E-state index in [9.17, 15) is 0 Å². The quantitative estimate of drug-likeness (QED) is 0.786. The van der Waals surface area contributed by atoms with Crippen molar-refractivity contribution in [3.8, 4) is 5.75 Å². The second-order valence-electron chi connectivity index (χ2n) is 4.49. The summed E-state index contributed by atoms with van der Waals surface area (Å²) >= 11 is 8.48. The second kappa shape index (κ2) is 5.59. The molecule has 0 spiro atoms. The van der Waals surface area contributed by atoms with Crippen LogP contribution in [-0.4, -0.2) is 6.61 Å². The van der Waals surface area contributed by atoms with Crippen LogP contribution in [0, 0.1) is 3.57 Å². The highest BCUT2D eigenvalue weighted by Gasteiger charge is 2.17. The van der Waals surface area contributed by atoms with Crippen LogP contribution in [0.15, 0.2) is 36.4 Å². The molecule has 0 radical (unpaired) electrons. The monoisotopic (exact) mass is 385 g/mol. The summed E-state index contributed by atoms with van der Waals surface area (Å²) in [6.45, 7) is 1.48. The Balaban J connectivity index is 1.83. The number of halogens is 2. The van der Waals surface area contributed by atoms with Crippen molar-refractivity contribution in [2.75, 3.05) is 11.9 Å². The maximum atomic E-state index is 6.16. The van der Waals surface area contributed by atoms with Crippen LogP contribution in [0.25, 0.3) is 0 Å². The summed E-state index contributed by atoms with van der Waals surface area (Å²) in [7, 11) is 0. The van der Waals surface area contributed by atoms with Crippen molar-refractivity contribution in [2.24, 2.45) is 0 Å². The molecule has 0 saturated heterocycles. The molecule has 2 aromatic carbocycles. The topological polar surface area (TPSA) is 21.3 Å². The fourth-order valence-electron chi connectivity index (χ4n) is 2.27. The first kappa shape index (κ1) is 13.1. The third-order valence-corrected chi connectivity index (χ3v) is 4.33. The first-order valence-electron chi connectivity index (χ1n) is 6.16. The Hall–Kier alpha value is -0.940. The largest absolute Gasteiger partial charge is 0.493 e. The molecule has 3 rings (SSSR count). The van der Waals surface area contributed by atoms with Crippen LogP contribution in [-0.2, 0) is 13.0 Å². The minimum absolute atomic E-state index is 0.725. The van der Waals surface area contributed by atoms with Crippen LogP contribution in [0.1, 0.15) is 11.1 Å². The smallest absolute Gasteiger partial charge is 0.127 e. The first-order chi connectivity index (χ1) is 9.24. The molecule has 98 valence electrons. The first-order valence-corrected chi connectivity index (χ1v) is 7.62. The number of rotatable bonds is 3. The fourth-order valence-corrected chi connectivity index (χ4v) is 3.11. The molecule has 2 aromatic rings. The average Bonchev–Trinajstić information content (AvgIpc) is 2.85. The van der Waals surface area contributed by atoms with Crippen molar-refractivity contribution in [3.63, 3.8) is 0 Å². The molecule has 1 N–H and O–H groups in total. The molecule has 1 aliphatic rings. The Kier molecular flexibility index (Phi) is 3.84. The molecule has 0 amide bonds. The molecule has 2 nitrogen and oxygen atoms in total. The zero-order valence-electron chi connectivity index (χ0n) is 10.2. The Bertz CT molecular complexity index is 615. The third-order valence-electron chi connectivity index (χ3n) is 3.17. The number of hydrogen-bond acceptors (Lipinski definition) is 2. The number of nitrogens with one attached hydrogen (secondary N) is 1. The van der Waals surface area contributed by atoms with Gasteiger partial charge in [-0.3, -0.25) is 0 Å². The fraction of sp³-hybridized carbons (Fsp3) is 0.200. The molecular weight excluding hydrogens is 373 g/mol. The summed E-state index contributed by atoms with van der Waals surface area (Å²) < 4.78 is 6.91. The summed E-state index contributed by atoms with van der Waals surface area (Å²) in [5.41, 5.74) is 3.47. The second-order valence-corrected chi connectivity index (χ2v) is 6.08. The molecule has 19 heavy (non-hydrogen) atoms. The Morgan fingerprint density at radius 1 is 1.26 bits per heavy atom. The molecule has 0 unspecified atom stereocenters. The standard InChI is InChI=1S/C15H13ClINO/c16-12-7-10-5-6-19-15(10)11(8-12)9-18-14-4-2-1-3-13(14)17/h1-4,7-8,18H,5-6,9H2. The van der Waals surface area contributed by atoms with Crippen molar-refractivity contribution in [2.45, 2.75) is 13.0 Å². The van der Waals surface area contributed by atoms with E-state index in [0.717, 1.165) is 41.6 Å². The number of anilines is 1. The summed E-state index contributed by atoms with van der Waals surface area (Å²) in [4.78, 5) is 0. The normalized spacial score (nSPS) is 12.9. The highest BCUT2D eigenvalue weighted by molar-refractivity contribution is 14.1. The number of benzene rings is 2. The average molecular weight is 386 g/mol. The Morgan fingerprint density at radius 2 is 2.11 bits per heavy atom. The lowest BCUT2D eigenvalue weighted by Gasteiger charge is -2.12. The molecule has 1 heterocycles. The van der Waals surface area contributed by atoms with Gasteiger partial charge in [0.1, 0.15) is 5.75 Å². The minimum atomic E-state index is 0.725. The van der Waals surface area contributed by atoms with Crippen LogP contribution >= 0.6 is 34.2 Å². The van der Waals surface area contributed by atoms with Gasteiger partial charge in [-0.15, -0.1) is 0 Å². The van der Waals surface area contributed by atoms with Gasteiger partial charge in [-0.2, -0.15) is 0 Å². The number of ether oxygens (including phenoxy) is 1. The Labute approximate surface area is 131 Å². The maximum Gasteiger partial charge on any atom is 0.127 e. The highest BCUT2D eigenvalue weighted by Crippen LogP contribution is 2.33. The van der Waals surface area contributed by atoms with E-state index >= 15 is 0 Å². The minimum Gasteiger partial charge on any atom is -0.493 e. The van der Waals surface area contributed by atoms with Crippen molar-refractivity contribution >= 4 is 39.9 Å². The molecule has 0 saturated carbocycles. The predicted molar refractivity (Wildman–Crippen MR) is 87.1 cm³/mol. The summed E-state index contributed by atoms with van der Waals surface area (Å²) in [5.74, 6) is 1.00.